The normalized spacial score (nSPS) is 23.7. The largest absolute Gasteiger partial charge is 0.493 e. The Bertz CT molecular complexity index is 386. The van der Waals surface area contributed by atoms with E-state index >= 15 is 0 Å². The van der Waals surface area contributed by atoms with Crippen molar-refractivity contribution in [2.75, 3.05) is 20.8 Å². The van der Waals surface area contributed by atoms with Crippen LogP contribution in [0.4, 0.5) is 0 Å². The van der Waals surface area contributed by atoms with Gasteiger partial charge in [-0.2, -0.15) is 0 Å². The van der Waals surface area contributed by atoms with Crippen LogP contribution in [0, 0.1) is 0 Å². The minimum Gasteiger partial charge on any atom is -0.493 e. The van der Waals surface area contributed by atoms with Gasteiger partial charge in [-0.05, 0) is 13.0 Å². The second-order valence-electron chi connectivity index (χ2n) is 3.68. The van der Waals surface area contributed by atoms with E-state index in [0.29, 0.717) is 23.1 Å². The smallest absolute Gasteiger partial charge is 0.179 e. The molecule has 1 aliphatic rings. The molecule has 1 atom stereocenters. The van der Waals surface area contributed by atoms with E-state index in [4.69, 9.17) is 25.8 Å². The molecule has 1 saturated heterocycles. The molecule has 4 heteroatoms. The lowest BCUT2D eigenvalue weighted by Crippen LogP contribution is -2.04. The number of benzene rings is 1. The first-order valence-electron chi connectivity index (χ1n) is 4.67. The maximum absolute atomic E-state index is 6.23. The Kier molecular flexibility index (Phi) is 2.52. The highest BCUT2D eigenvalue weighted by atomic mass is 35.5. The lowest BCUT2D eigenvalue weighted by molar-refractivity contribution is 0.325. The average Bonchev–Trinajstić information content (AvgIpc) is 2.96. The Hall–Kier alpha value is -0.930. The number of halogens is 1. The van der Waals surface area contributed by atoms with Crippen molar-refractivity contribution in [1.82, 2.24) is 0 Å². The van der Waals surface area contributed by atoms with Gasteiger partial charge in [0.1, 0.15) is 5.60 Å². The number of rotatable bonds is 3. The Morgan fingerprint density at radius 3 is 2.47 bits per heavy atom. The molecule has 1 unspecified atom stereocenters. The minimum atomic E-state index is -0.253. The molecular weight excluding hydrogens is 216 g/mol. The van der Waals surface area contributed by atoms with Gasteiger partial charge in [0.15, 0.2) is 11.5 Å². The number of epoxide rings is 1. The zero-order valence-electron chi connectivity index (χ0n) is 8.96. The summed E-state index contributed by atoms with van der Waals surface area (Å²) in [5.74, 6) is 1.20. The van der Waals surface area contributed by atoms with Crippen molar-refractivity contribution in [1.29, 1.82) is 0 Å². The Balaban J connectivity index is 2.51. The molecule has 0 aromatic heterocycles. The molecule has 0 aliphatic carbocycles. The van der Waals surface area contributed by atoms with Crippen molar-refractivity contribution in [3.8, 4) is 11.5 Å². The van der Waals surface area contributed by atoms with E-state index in [1.807, 2.05) is 19.1 Å². The molecule has 15 heavy (non-hydrogen) atoms. The van der Waals surface area contributed by atoms with Gasteiger partial charge in [0, 0.05) is 5.56 Å². The van der Waals surface area contributed by atoms with Crippen LogP contribution >= 0.6 is 11.6 Å². The molecule has 2 rings (SSSR count). The molecular formula is C11H13ClO3. The summed E-state index contributed by atoms with van der Waals surface area (Å²) in [5, 5.41) is 0.567. The van der Waals surface area contributed by atoms with Crippen LogP contribution in [0.3, 0.4) is 0 Å². The van der Waals surface area contributed by atoms with Gasteiger partial charge >= 0.3 is 0 Å². The van der Waals surface area contributed by atoms with Crippen molar-refractivity contribution in [2.45, 2.75) is 12.5 Å². The second kappa shape index (κ2) is 3.58. The van der Waals surface area contributed by atoms with Gasteiger partial charge in [-0.25, -0.2) is 0 Å². The first-order chi connectivity index (χ1) is 7.12. The standard InChI is InChI=1S/C11H13ClO3/c1-11(6-15-11)7-4-5-8(13-2)10(14-3)9(7)12/h4-5H,6H2,1-3H3. The molecule has 1 aliphatic heterocycles. The van der Waals surface area contributed by atoms with Crippen molar-refractivity contribution in [3.05, 3.63) is 22.7 Å². The molecule has 1 fully saturated rings. The van der Waals surface area contributed by atoms with E-state index in [1.165, 1.54) is 0 Å². The van der Waals surface area contributed by atoms with Gasteiger partial charge in [-0.1, -0.05) is 17.7 Å². The number of methoxy groups -OCH3 is 2. The summed E-state index contributed by atoms with van der Waals surface area (Å²) in [5.41, 5.74) is 0.693. The predicted molar refractivity (Wildman–Crippen MR) is 57.9 cm³/mol. The van der Waals surface area contributed by atoms with E-state index < -0.39 is 0 Å². The minimum absolute atomic E-state index is 0.253. The molecule has 0 bridgehead atoms. The lowest BCUT2D eigenvalue weighted by atomic mass is 10.0. The summed E-state index contributed by atoms with van der Waals surface area (Å²) in [7, 11) is 3.16. The fourth-order valence-electron chi connectivity index (χ4n) is 1.56. The van der Waals surface area contributed by atoms with Crippen LogP contribution in [0.25, 0.3) is 0 Å². The van der Waals surface area contributed by atoms with E-state index in [2.05, 4.69) is 0 Å². The van der Waals surface area contributed by atoms with Crippen LogP contribution in [0.5, 0.6) is 11.5 Å². The zero-order valence-corrected chi connectivity index (χ0v) is 9.72. The van der Waals surface area contributed by atoms with Gasteiger partial charge in [-0.3, -0.25) is 0 Å². The summed E-state index contributed by atoms with van der Waals surface area (Å²) in [6.45, 7) is 2.70. The van der Waals surface area contributed by atoms with Gasteiger partial charge in [-0.15, -0.1) is 0 Å². The van der Waals surface area contributed by atoms with Gasteiger partial charge in [0.25, 0.3) is 0 Å². The Morgan fingerprint density at radius 2 is 2.00 bits per heavy atom. The monoisotopic (exact) mass is 228 g/mol. The van der Waals surface area contributed by atoms with Crippen LogP contribution in [0.1, 0.15) is 12.5 Å². The van der Waals surface area contributed by atoms with Crippen LogP contribution in [0.2, 0.25) is 5.02 Å². The fraction of sp³-hybridized carbons (Fsp3) is 0.455. The highest BCUT2D eigenvalue weighted by molar-refractivity contribution is 6.33. The molecule has 0 saturated carbocycles. The van der Waals surface area contributed by atoms with E-state index in [0.717, 1.165) is 5.56 Å². The maximum Gasteiger partial charge on any atom is 0.179 e. The Morgan fingerprint density at radius 1 is 1.33 bits per heavy atom. The molecule has 1 aromatic rings. The molecule has 0 amide bonds. The van der Waals surface area contributed by atoms with Gasteiger partial charge in [0.05, 0.1) is 25.8 Å². The summed E-state index contributed by atoms with van der Waals surface area (Å²) in [4.78, 5) is 0. The van der Waals surface area contributed by atoms with Crippen LogP contribution < -0.4 is 9.47 Å². The molecule has 0 spiro atoms. The summed E-state index contributed by atoms with van der Waals surface area (Å²) in [6.07, 6.45) is 0. The maximum atomic E-state index is 6.23. The molecule has 0 radical (unpaired) electrons. The topological polar surface area (TPSA) is 31.0 Å². The SMILES string of the molecule is COc1ccc(C2(C)CO2)c(Cl)c1OC. The third-order valence-electron chi connectivity index (χ3n) is 2.63. The summed E-state index contributed by atoms with van der Waals surface area (Å²) in [6, 6.07) is 3.75. The number of ether oxygens (including phenoxy) is 3. The van der Waals surface area contributed by atoms with Crippen molar-refractivity contribution < 1.29 is 14.2 Å². The molecule has 1 heterocycles. The highest BCUT2D eigenvalue weighted by Gasteiger charge is 2.43. The lowest BCUT2D eigenvalue weighted by Gasteiger charge is -2.14. The average molecular weight is 229 g/mol. The molecule has 0 N–H and O–H groups in total. The van der Waals surface area contributed by atoms with Gasteiger partial charge < -0.3 is 14.2 Å². The van der Waals surface area contributed by atoms with Crippen molar-refractivity contribution >= 4 is 11.6 Å². The van der Waals surface area contributed by atoms with E-state index in [1.54, 1.807) is 14.2 Å². The third-order valence-corrected chi connectivity index (χ3v) is 3.01. The Labute approximate surface area is 93.9 Å². The summed E-state index contributed by atoms with van der Waals surface area (Å²) >= 11 is 6.23. The third kappa shape index (κ3) is 1.66. The molecule has 3 nitrogen and oxygen atoms in total. The number of hydrogen-bond donors (Lipinski definition) is 0. The van der Waals surface area contributed by atoms with Crippen LogP contribution in [0.15, 0.2) is 12.1 Å². The van der Waals surface area contributed by atoms with Crippen molar-refractivity contribution in [3.63, 3.8) is 0 Å². The summed E-state index contributed by atoms with van der Waals surface area (Å²) < 4.78 is 15.7. The molecule has 82 valence electrons. The molecule has 1 aromatic carbocycles. The number of hydrogen-bond acceptors (Lipinski definition) is 3. The van der Waals surface area contributed by atoms with Crippen molar-refractivity contribution in [2.24, 2.45) is 0 Å². The van der Waals surface area contributed by atoms with E-state index in [-0.39, 0.29) is 5.60 Å². The second-order valence-corrected chi connectivity index (χ2v) is 4.06. The highest BCUT2D eigenvalue weighted by Crippen LogP contribution is 2.47. The first-order valence-corrected chi connectivity index (χ1v) is 5.05. The predicted octanol–water partition coefficient (Wildman–Crippen LogP) is 2.60. The zero-order chi connectivity index (χ0) is 11.1. The fourth-order valence-corrected chi connectivity index (χ4v) is 1.99. The van der Waals surface area contributed by atoms with Crippen LogP contribution in [-0.2, 0) is 10.3 Å². The van der Waals surface area contributed by atoms with Crippen LogP contribution in [-0.4, -0.2) is 20.8 Å². The first kappa shape index (κ1) is 10.6. The van der Waals surface area contributed by atoms with Gasteiger partial charge in [0.2, 0.25) is 0 Å². The quantitative estimate of drug-likeness (QED) is 0.746. The van der Waals surface area contributed by atoms with E-state index in [9.17, 15) is 0 Å².